The number of nitrogens with one attached hydrogen (secondary N) is 1. The maximum Gasteiger partial charge on any atom is 0.261 e. The van der Waals surface area contributed by atoms with Gasteiger partial charge in [0.25, 0.3) is 5.91 Å². The Kier molecular flexibility index (Phi) is 9.58. The van der Waals surface area contributed by atoms with Crippen molar-refractivity contribution < 1.29 is 14.3 Å². The van der Waals surface area contributed by atoms with Crippen LogP contribution in [0.2, 0.25) is 5.02 Å². The fourth-order valence-corrected chi connectivity index (χ4v) is 3.56. The number of hydrogen-bond donors (Lipinski definition) is 1. The van der Waals surface area contributed by atoms with Gasteiger partial charge in [0, 0.05) is 18.1 Å². The van der Waals surface area contributed by atoms with Crippen molar-refractivity contribution >= 4 is 23.4 Å². The molecule has 32 heavy (non-hydrogen) atoms. The van der Waals surface area contributed by atoms with Crippen molar-refractivity contribution in [2.24, 2.45) is 0 Å². The minimum absolute atomic E-state index is 0.122. The van der Waals surface area contributed by atoms with Crippen LogP contribution in [-0.4, -0.2) is 35.9 Å². The number of unbranched alkanes of at least 4 members (excludes halogenated alkanes) is 1. The maximum atomic E-state index is 13.2. The topological polar surface area (TPSA) is 58.6 Å². The molecule has 174 valence electrons. The Hall–Kier alpha value is -2.53. The zero-order valence-corrected chi connectivity index (χ0v) is 20.5. The Morgan fingerprint density at radius 1 is 1.09 bits per heavy atom. The zero-order valence-electron chi connectivity index (χ0n) is 19.8. The number of para-hydroxylation sites is 1. The summed E-state index contributed by atoms with van der Waals surface area (Å²) in [4.78, 5) is 27.5. The highest BCUT2D eigenvalue weighted by Gasteiger charge is 2.27. The molecule has 0 aromatic heterocycles. The molecule has 5 nitrogen and oxygen atoms in total. The molecule has 0 heterocycles. The summed E-state index contributed by atoms with van der Waals surface area (Å²) in [6.45, 7) is 10.8. The zero-order chi connectivity index (χ0) is 23.7. The monoisotopic (exact) mass is 458 g/mol. The van der Waals surface area contributed by atoms with Gasteiger partial charge in [-0.25, -0.2) is 0 Å². The number of hydrogen-bond acceptors (Lipinski definition) is 3. The third-order valence-electron chi connectivity index (χ3n) is 5.34. The highest BCUT2D eigenvalue weighted by molar-refractivity contribution is 6.31. The van der Waals surface area contributed by atoms with Gasteiger partial charge in [0.2, 0.25) is 5.91 Å². The van der Waals surface area contributed by atoms with Crippen molar-refractivity contribution in [3.05, 3.63) is 64.7 Å². The summed E-state index contributed by atoms with van der Waals surface area (Å²) < 4.78 is 5.95. The van der Waals surface area contributed by atoms with Crippen molar-refractivity contribution in [2.45, 2.75) is 65.5 Å². The number of carbonyl (C=O) groups excluding carboxylic acids is 2. The lowest BCUT2D eigenvalue weighted by atomic mass is 9.86. The van der Waals surface area contributed by atoms with Gasteiger partial charge in [-0.2, -0.15) is 0 Å². The van der Waals surface area contributed by atoms with Gasteiger partial charge in [-0.15, -0.1) is 0 Å². The van der Waals surface area contributed by atoms with Crippen LogP contribution in [0.15, 0.2) is 48.5 Å². The van der Waals surface area contributed by atoms with Gasteiger partial charge in [-0.05, 0) is 42.0 Å². The number of halogens is 1. The average molecular weight is 459 g/mol. The van der Waals surface area contributed by atoms with Crippen LogP contribution in [0.4, 0.5) is 0 Å². The van der Waals surface area contributed by atoms with E-state index in [-0.39, 0.29) is 30.4 Å². The molecule has 2 aromatic rings. The van der Waals surface area contributed by atoms with E-state index in [1.165, 1.54) is 4.90 Å². The maximum absolute atomic E-state index is 13.2. The molecule has 0 bridgehead atoms. The molecule has 2 rings (SSSR count). The molecule has 2 aromatic carbocycles. The van der Waals surface area contributed by atoms with Crippen LogP contribution < -0.4 is 10.1 Å². The van der Waals surface area contributed by atoms with Crippen LogP contribution in [0.25, 0.3) is 0 Å². The minimum atomic E-state index is -0.655. The molecule has 0 fully saturated rings. The van der Waals surface area contributed by atoms with E-state index in [1.807, 2.05) is 42.5 Å². The van der Waals surface area contributed by atoms with Crippen molar-refractivity contribution in [1.82, 2.24) is 10.2 Å². The standard InChI is InChI=1S/C26H35ClN2O3/c1-6-7-16-28-25(31)19(2)29(17-20-12-8-10-14-22(20)27)24(30)18-32-23-15-11-9-13-21(23)26(3,4)5/h8-15,19H,6-7,16-18H2,1-5H3,(H,28,31)/t19-/m0/s1. The molecule has 0 aliphatic rings. The van der Waals surface area contributed by atoms with Crippen LogP contribution >= 0.6 is 11.6 Å². The molecular weight excluding hydrogens is 424 g/mol. The van der Waals surface area contributed by atoms with Crippen LogP contribution in [-0.2, 0) is 21.5 Å². The lowest BCUT2D eigenvalue weighted by molar-refractivity contribution is -0.142. The molecule has 0 radical (unpaired) electrons. The average Bonchev–Trinajstić information content (AvgIpc) is 2.76. The van der Waals surface area contributed by atoms with E-state index in [9.17, 15) is 9.59 Å². The summed E-state index contributed by atoms with van der Waals surface area (Å²) in [5.74, 6) is 0.215. The predicted octanol–water partition coefficient (Wildman–Crippen LogP) is 5.35. The first kappa shape index (κ1) is 25.7. The number of amides is 2. The Bertz CT molecular complexity index is 908. The SMILES string of the molecule is CCCCNC(=O)[C@H](C)N(Cc1ccccc1Cl)C(=O)COc1ccccc1C(C)(C)C. The molecule has 0 saturated carbocycles. The third kappa shape index (κ3) is 7.27. The first-order valence-electron chi connectivity index (χ1n) is 11.2. The summed E-state index contributed by atoms with van der Waals surface area (Å²) in [5, 5.41) is 3.47. The van der Waals surface area contributed by atoms with Gasteiger partial charge in [0.1, 0.15) is 11.8 Å². The second-order valence-electron chi connectivity index (χ2n) is 8.97. The molecule has 0 unspecified atom stereocenters. The first-order valence-corrected chi connectivity index (χ1v) is 11.6. The van der Waals surface area contributed by atoms with E-state index in [2.05, 4.69) is 33.0 Å². The number of ether oxygens (including phenoxy) is 1. The number of benzene rings is 2. The van der Waals surface area contributed by atoms with E-state index < -0.39 is 6.04 Å². The Morgan fingerprint density at radius 2 is 1.75 bits per heavy atom. The molecule has 2 amide bonds. The highest BCUT2D eigenvalue weighted by atomic mass is 35.5. The van der Waals surface area contributed by atoms with Gasteiger partial charge in [-0.3, -0.25) is 9.59 Å². The Balaban J connectivity index is 2.20. The van der Waals surface area contributed by atoms with E-state index >= 15 is 0 Å². The first-order chi connectivity index (χ1) is 15.1. The van der Waals surface area contributed by atoms with Crippen molar-refractivity contribution in [3.63, 3.8) is 0 Å². The Morgan fingerprint density at radius 3 is 2.41 bits per heavy atom. The number of nitrogens with zero attached hydrogens (tertiary/aromatic N) is 1. The second kappa shape index (κ2) is 11.9. The molecule has 0 aliphatic heterocycles. The van der Waals surface area contributed by atoms with Crippen LogP contribution in [0.3, 0.4) is 0 Å². The number of rotatable bonds is 10. The Labute approximate surface area is 197 Å². The second-order valence-corrected chi connectivity index (χ2v) is 9.38. The third-order valence-corrected chi connectivity index (χ3v) is 5.71. The van der Waals surface area contributed by atoms with Gasteiger partial charge >= 0.3 is 0 Å². The van der Waals surface area contributed by atoms with Crippen molar-refractivity contribution in [2.75, 3.05) is 13.2 Å². The molecule has 1 atom stereocenters. The summed E-state index contributed by atoms with van der Waals surface area (Å²) in [5.41, 5.74) is 1.69. The van der Waals surface area contributed by atoms with Gasteiger partial charge in [0.15, 0.2) is 6.61 Å². The fourth-order valence-electron chi connectivity index (χ4n) is 3.36. The summed E-state index contributed by atoms with van der Waals surface area (Å²) >= 11 is 6.33. The van der Waals surface area contributed by atoms with Crippen molar-refractivity contribution in [3.8, 4) is 5.75 Å². The van der Waals surface area contributed by atoms with E-state index in [4.69, 9.17) is 16.3 Å². The van der Waals surface area contributed by atoms with E-state index in [1.54, 1.807) is 13.0 Å². The molecule has 0 spiro atoms. The lowest BCUT2D eigenvalue weighted by Crippen LogP contribution is -2.49. The lowest BCUT2D eigenvalue weighted by Gasteiger charge is -2.29. The van der Waals surface area contributed by atoms with Crippen LogP contribution in [0.1, 0.15) is 58.6 Å². The van der Waals surface area contributed by atoms with Gasteiger partial charge in [-0.1, -0.05) is 82.1 Å². The number of carbonyl (C=O) groups is 2. The van der Waals surface area contributed by atoms with Crippen LogP contribution in [0, 0.1) is 0 Å². The molecule has 0 aliphatic carbocycles. The van der Waals surface area contributed by atoms with Crippen molar-refractivity contribution in [1.29, 1.82) is 0 Å². The quantitative estimate of drug-likeness (QED) is 0.488. The fraction of sp³-hybridized carbons (Fsp3) is 0.462. The highest BCUT2D eigenvalue weighted by Crippen LogP contribution is 2.31. The molecule has 1 N–H and O–H groups in total. The normalized spacial score (nSPS) is 12.2. The molecule has 0 saturated heterocycles. The molecular formula is C26H35ClN2O3. The summed E-state index contributed by atoms with van der Waals surface area (Å²) in [7, 11) is 0. The van der Waals surface area contributed by atoms with E-state index in [0.29, 0.717) is 17.3 Å². The summed E-state index contributed by atoms with van der Waals surface area (Å²) in [6.07, 6.45) is 1.88. The van der Waals surface area contributed by atoms with Gasteiger partial charge < -0.3 is 15.0 Å². The minimum Gasteiger partial charge on any atom is -0.483 e. The predicted molar refractivity (Wildman–Crippen MR) is 130 cm³/mol. The van der Waals surface area contributed by atoms with Gasteiger partial charge in [0.05, 0.1) is 0 Å². The molecule has 6 heteroatoms. The van der Waals surface area contributed by atoms with Crippen LogP contribution in [0.5, 0.6) is 5.75 Å². The largest absolute Gasteiger partial charge is 0.483 e. The smallest absolute Gasteiger partial charge is 0.261 e. The van der Waals surface area contributed by atoms with E-state index in [0.717, 1.165) is 24.0 Å². The summed E-state index contributed by atoms with van der Waals surface area (Å²) in [6, 6.07) is 14.4.